The van der Waals surface area contributed by atoms with Crippen LogP contribution in [0.5, 0.6) is 0 Å². The number of nitrogens with one attached hydrogen (secondary N) is 2. The van der Waals surface area contributed by atoms with Crippen molar-refractivity contribution in [2.75, 3.05) is 47.9 Å². The van der Waals surface area contributed by atoms with Crippen molar-refractivity contribution in [1.29, 1.82) is 0 Å². The summed E-state index contributed by atoms with van der Waals surface area (Å²) in [4.78, 5) is 42.9. The van der Waals surface area contributed by atoms with E-state index in [0.717, 1.165) is 43.0 Å². The fraction of sp³-hybridized carbons (Fsp3) is 0.226. The third-order valence-electron chi connectivity index (χ3n) is 7.65. The van der Waals surface area contributed by atoms with Crippen molar-refractivity contribution in [1.82, 2.24) is 10.2 Å². The molecule has 3 aromatic carbocycles. The average molecular weight is 617 g/mol. The summed E-state index contributed by atoms with van der Waals surface area (Å²) in [7, 11) is 0. The van der Waals surface area contributed by atoms with Crippen molar-refractivity contribution in [3.63, 3.8) is 0 Å². The molecule has 0 radical (unpaired) electrons. The van der Waals surface area contributed by atoms with Crippen LogP contribution in [0.25, 0.3) is 6.08 Å². The van der Waals surface area contributed by atoms with Gasteiger partial charge in [-0.3, -0.25) is 14.6 Å². The number of aromatic carboxylic acids is 1. The first kappa shape index (κ1) is 30.5. The van der Waals surface area contributed by atoms with Gasteiger partial charge in [-0.2, -0.15) is 5.10 Å². The minimum Gasteiger partial charge on any atom is -0.478 e. The Morgan fingerprint density at radius 2 is 1.82 bits per heavy atom. The molecule has 12 nitrogen and oxygen atoms in total. The van der Waals surface area contributed by atoms with Gasteiger partial charge in [-0.25, -0.2) is 10.6 Å². The number of hydrogen-bond donors (Lipinski definition) is 5. The zero-order valence-corrected chi connectivity index (χ0v) is 24.6. The Balaban J connectivity index is 1.49. The number of piperazine rings is 1. The van der Waals surface area contributed by atoms with E-state index in [1.54, 1.807) is 24.3 Å². The van der Waals surface area contributed by atoms with Crippen molar-refractivity contribution in [2.24, 2.45) is 16.8 Å². The Labute approximate surface area is 259 Å². The number of amides is 2. The third kappa shape index (κ3) is 6.67. The summed E-state index contributed by atoms with van der Waals surface area (Å²) in [6, 6.07) is 15.8. The Bertz CT molecular complexity index is 1600. The predicted molar refractivity (Wildman–Crippen MR) is 172 cm³/mol. The highest BCUT2D eigenvalue weighted by molar-refractivity contribution is 6.30. The topological polar surface area (TPSA) is 170 Å². The predicted octanol–water partition coefficient (Wildman–Crippen LogP) is 2.81. The SMILES string of the molecule is N/N=C\N(N)c1ccc(Cl)cc1/C=C/C(=O)N1CCc2c(cccc2N2CCNCC2)C1C(=O)Nc1ccc(C(=O)O)cc1. The molecule has 0 bridgehead atoms. The number of carbonyl (C=O) groups excluding carboxylic acids is 2. The molecule has 2 heterocycles. The fourth-order valence-electron chi connectivity index (χ4n) is 5.56. The number of fused-ring (bicyclic) bond motifs is 1. The number of nitrogens with zero attached hydrogens (tertiary/aromatic N) is 4. The van der Waals surface area contributed by atoms with E-state index in [-0.39, 0.29) is 11.5 Å². The molecule has 1 saturated heterocycles. The Hall–Kier alpha value is -4.91. The molecule has 44 heavy (non-hydrogen) atoms. The van der Waals surface area contributed by atoms with Gasteiger partial charge in [-0.05, 0) is 72.2 Å². The van der Waals surface area contributed by atoms with Gasteiger partial charge < -0.3 is 31.4 Å². The third-order valence-corrected chi connectivity index (χ3v) is 7.88. The summed E-state index contributed by atoms with van der Waals surface area (Å²) in [5.41, 5.74) is 4.40. The van der Waals surface area contributed by atoms with Crippen molar-refractivity contribution >= 4 is 58.9 Å². The van der Waals surface area contributed by atoms with Crippen LogP contribution in [0.3, 0.4) is 0 Å². The van der Waals surface area contributed by atoms with Crippen LogP contribution in [0.4, 0.5) is 17.1 Å². The van der Waals surface area contributed by atoms with Crippen LogP contribution in [-0.4, -0.2) is 66.9 Å². The van der Waals surface area contributed by atoms with E-state index in [0.29, 0.717) is 34.9 Å². The summed E-state index contributed by atoms with van der Waals surface area (Å²) >= 11 is 6.23. The highest BCUT2D eigenvalue weighted by atomic mass is 35.5. The lowest BCUT2D eigenvalue weighted by molar-refractivity contribution is -0.135. The molecule has 3 aromatic rings. The monoisotopic (exact) mass is 616 g/mol. The standard InChI is InChI=1S/C31H33ClN8O4/c32-22-7-10-26(40(34)19-36-33)21(18-22)6-11-28(41)39-15-12-24-25(2-1-3-27(24)38-16-13-35-14-17-38)29(39)30(42)37-23-8-4-20(5-9-23)31(43)44/h1-11,18-19,29,35H,12-17,33-34H2,(H,37,42)(H,43,44)/b11-6+,36-19-. The molecule has 1 unspecified atom stereocenters. The summed E-state index contributed by atoms with van der Waals surface area (Å²) in [5.74, 6) is 9.43. The van der Waals surface area contributed by atoms with Gasteiger partial charge in [-0.15, -0.1) is 0 Å². The summed E-state index contributed by atoms with van der Waals surface area (Å²) in [6.07, 6.45) is 4.76. The number of benzene rings is 3. The maximum absolute atomic E-state index is 13.9. The van der Waals surface area contributed by atoms with Crippen molar-refractivity contribution in [3.8, 4) is 0 Å². The van der Waals surface area contributed by atoms with Gasteiger partial charge in [-0.1, -0.05) is 23.7 Å². The first-order valence-electron chi connectivity index (χ1n) is 14.0. The highest BCUT2D eigenvalue weighted by Gasteiger charge is 2.37. The molecular formula is C31H33ClN8O4. The number of rotatable bonds is 8. The number of hydrazone groups is 1. The summed E-state index contributed by atoms with van der Waals surface area (Å²) in [5, 5.41) is 20.6. The van der Waals surface area contributed by atoms with Crippen LogP contribution in [0.15, 0.2) is 71.8 Å². The molecule has 0 aliphatic carbocycles. The van der Waals surface area contributed by atoms with E-state index < -0.39 is 17.9 Å². The number of hydrazine groups is 1. The van der Waals surface area contributed by atoms with E-state index in [9.17, 15) is 19.5 Å². The van der Waals surface area contributed by atoms with Gasteiger partial charge in [0.15, 0.2) is 0 Å². The summed E-state index contributed by atoms with van der Waals surface area (Å²) in [6.45, 7) is 3.70. The maximum Gasteiger partial charge on any atom is 0.335 e. The number of carbonyl (C=O) groups is 3. The van der Waals surface area contributed by atoms with Gasteiger partial charge in [0.25, 0.3) is 5.91 Å². The van der Waals surface area contributed by atoms with Gasteiger partial charge >= 0.3 is 5.97 Å². The molecule has 0 aromatic heterocycles. The van der Waals surface area contributed by atoms with Crippen LogP contribution in [0.2, 0.25) is 5.02 Å². The minimum absolute atomic E-state index is 0.0998. The first-order chi connectivity index (χ1) is 21.3. The van der Waals surface area contributed by atoms with Crippen molar-refractivity contribution < 1.29 is 19.5 Å². The van der Waals surface area contributed by atoms with E-state index in [1.807, 2.05) is 12.1 Å². The first-order valence-corrected chi connectivity index (χ1v) is 14.4. The number of hydrogen-bond acceptors (Lipinski definition) is 8. The highest BCUT2D eigenvalue weighted by Crippen LogP contribution is 2.37. The smallest absolute Gasteiger partial charge is 0.335 e. The molecular weight excluding hydrogens is 584 g/mol. The number of carboxylic acid groups (broad SMARTS) is 1. The maximum atomic E-state index is 13.9. The van der Waals surface area contributed by atoms with Crippen LogP contribution in [-0.2, 0) is 16.0 Å². The van der Waals surface area contributed by atoms with E-state index in [2.05, 4.69) is 26.7 Å². The lowest BCUT2D eigenvalue weighted by Crippen LogP contribution is -2.47. The second-order valence-electron chi connectivity index (χ2n) is 10.3. The zero-order chi connectivity index (χ0) is 31.2. The quantitative estimate of drug-likeness (QED) is 0.0839. The van der Waals surface area contributed by atoms with E-state index in [4.69, 9.17) is 23.3 Å². The van der Waals surface area contributed by atoms with Gasteiger partial charge in [0, 0.05) is 60.8 Å². The fourth-order valence-corrected chi connectivity index (χ4v) is 5.74. The normalized spacial score (nSPS) is 16.6. The molecule has 13 heteroatoms. The van der Waals surface area contributed by atoms with E-state index >= 15 is 0 Å². The van der Waals surface area contributed by atoms with E-state index in [1.165, 1.54) is 46.6 Å². The Morgan fingerprint density at radius 3 is 2.52 bits per heavy atom. The largest absolute Gasteiger partial charge is 0.478 e. The minimum atomic E-state index is -1.07. The molecule has 7 N–H and O–H groups in total. The Morgan fingerprint density at radius 1 is 1.07 bits per heavy atom. The van der Waals surface area contributed by atoms with Crippen molar-refractivity contribution in [2.45, 2.75) is 12.5 Å². The number of anilines is 3. The van der Waals surface area contributed by atoms with Crippen LogP contribution < -0.4 is 32.2 Å². The molecule has 2 aliphatic rings. The van der Waals surface area contributed by atoms with Gasteiger partial charge in [0.2, 0.25) is 5.91 Å². The molecule has 1 fully saturated rings. The molecule has 5 rings (SSSR count). The number of halogens is 1. The lowest BCUT2D eigenvalue weighted by atomic mass is 9.89. The van der Waals surface area contributed by atoms with Crippen molar-refractivity contribution in [3.05, 3.63) is 94.0 Å². The van der Waals surface area contributed by atoms with Crippen LogP contribution >= 0.6 is 11.6 Å². The lowest BCUT2D eigenvalue weighted by Gasteiger charge is -2.39. The molecule has 0 saturated carbocycles. The molecule has 2 amide bonds. The van der Waals surface area contributed by atoms with Crippen LogP contribution in [0.1, 0.15) is 33.1 Å². The average Bonchev–Trinajstić information content (AvgIpc) is 3.03. The van der Waals surface area contributed by atoms with Crippen LogP contribution in [0, 0.1) is 0 Å². The molecule has 2 aliphatic heterocycles. The van der Waals surface area contributed by atoms with Gasteiger partial charge in [0.1, 0.15) is 12.4 Å². The molecule has 1 atom stereocenters. The number of nitrogens with two attached hydrogens (primary N) is 2. The second kappa shape index (κ2) is 13.6. The molecule has 228 valence electrons. The Kier molecular flexibility index (Phi) is 9.44. The zero-order valence-electron chi connectivity index (χ0n) is 23.8. The molecule has 0 spiro atoms. The summed E-state index contributed by atoms with van der Waals surface area (Å²) < 4.78 is 0. The number of carboxylic acids is 1. The second-order valence-corrected chi connectivity index (χ2v) is 10.8. The van der Waals surface area contributed by atoms with Gasteiger partial charge in [0.05, 0.1) is 11.3 Å².